The number of carbonyl (C=O) groups excluding carboxylic acids is 3. The van der Waals surface area contributed by atoms with Gasteiger partial charge in [0.25, 0.3) is 0 Å². The average Bonchev–Trinajstić information content (AvgIpc) is 2.71. The molecule has 13 heteroatoms. The second-order valence-electron chi connectivity index (χ2n) is 8.32. The third-order valence-corrected chi connectivity index (χ3v) is 5.08. The Balaban J connectivity index is 0. The molecule has 0 rings (SSSR count). The number of hydrogen-bond donors (Lipinski definition) is 7. The maximum Gasteiger partial charge on any atom is 3.00 e. The summed E-state index contributed by atoms with van der Waals surface area (Å²) in [4.78, 5) is 43.9. The summed E-state index contributed by atoms with van der Waals surface area (Å²) in [5.41, 5.74) is 21.3. The van der Waals surface area contributed by atoms with E-state index >= 15 is 0 Å². The van der Waals surface area contributed by atoms with Crippen molar-refractivity contribution < 1.29 is 47.1 Å². The number of aliphatic imine (C=N–C) groups is 2. The Morgan fingerprint density at radius 1 is 0.853 bits per heavy atom. The first-order valence-corrected chi connectivity index (χ1v) is 11.3. The van der Waals surface area contributed by atoms with Crippen LogP contribution in [0.15, 0.2) is 9.98 Å². The monoisotopic (exact) mass is 557 g/mol. The van der Waals surface area contributed by atoms with Crippen LogP contribution in [0.2, 0.25) is 0 Å². The molecule has 190 valence electrons. The van der Waals surface area contributed by atoms with Gasteiger partial charge < -0.3 is 43.7 Å². The second-order valence-corrected chi connectivity index (χ2v) is 8.32. The second kappa shape index (κ2) is 20.6. The average molecular weight is 558 g/mol. The zero-order valence-corrected chi connectivity index (χ0v) is 23.5. The molecule has 0 aromatic carbocycles. The summed E-state index contributed by atoms with van der Waals surface area (Å²) in [6.07, 6.45) is 4.52. The van der Waals surface area contributed by atoms with E-state index in [9.17, 15) is 14.4 Å². The van der Waals surface area contributed by atoms with Gasteiger partial charge in [0, 0.05) is 44.1 Å². The number of hydrogen-bond acceptors (Lipinski definition) is 6. The Kier molecular flexibility index (Phi) is 20.8. The maximum atomic E-state index is 12.6. The molecule has 0 fully saturated rings. The third kappa shape index (κ3) is 18.6. The van der Waals surface area contributed by atoms with Crippen molar-refractivity contribution in [2.75, 3.05) is 20.1 Å². The number of guanidine groups is 2. The van der Waals surface area contributed by atoms with E-state index in [0.29, 0.717) is 45.2 Å². The van der Waals surface area contributed by atoms with Crippen LogP contribution in [0.1, 0.15) is 58.8 Å². The molecule has 0 heterocycles. The minimum Gasteiger partial charge on any atom is -0.542 e. The molecule has 0 aliphatic carbocycles. The zero-order valence-electron chi connectivity index (χ0n) is 20.7. The largest absolute Gasteiger partial charge is 3.00 e. The van der Waals surface area contributed by atoms with E-state index in [1.807, 2.05) is 27.2 Å². The predicted molar refractivity (Wildman–Crippen MR) is 131 cm³/mol. The molecular formula is C21H42N9O3Y+2. The van der Waals surface area contributed by atoms with Gasteiger partial charge in [-0.2, -0.15) is 0 Å². The Bertz CT molecular complexity index is 651. The first-order chi connectivity index (χ1) is 15.6. The molecule has 0 aromatic rings. The Labute approximate surface area is 228 Å². The van der Waals surface area contributed by atoms with Gasteiger partial charge in [0.2, 0.25) is 11.8 Å². The summed E-state index contributed by atoms with van der Waals surface area (Å²) < 4.78 is 0. The SMILES string of the molecule is CNC(CC(=O)NC(CCCN=C(N)N)CC(=O)NC(C[C-]=O)CCCN=C(N)N)C(C)C.[Y+3]. The van der Waals surface area contributed by atoms with E-state index in [0.717, 1.165) is 0 Å². The molecule has 0 saturated heterocycles. The molecule has 0 aliphatic rings. The quantitative estimate of drug-likeness (QED) is 0.0458. The van der Waals surface area contributed by atoms with Gasteiger partial charge in [0.15, 0.2) is 11.9 Å². The van der Waals surface area contributed by atoms with E-state index in [1.165, 1.54) is 0 Å². The molecule has 12 nitrogen and oxygen atoms in total. The summed E-state index contributed by atoms with van der Waals surface area (Å²) >= 11 is 0. The fourth-order valence-corrected chi connectivity index (χ4v) is 3.31. The number of nitrogens with zero attached hydrogens (tertiary/aromatic N) is 2. The maximum absolute atomic E-state index is 12.6. The molecule has 0 radical (unpaired) electrons. The van der Waals surface area contributed by atoms with Crippen molar-refractivity contribution in [3.8, 4) is 0 Å². The summed E-state index contributed by atoms with van der Waals surface area (Å²) in [7, 11) is 1.81. The normalized spacial score (nSPS) is 13.1. The van der Waals surface area contributed by atoms with Crippen LogP contribution in [0.5, 0.6) is 0 Å². The Morgan fingerprint density at radius 2 is 1.32 bits per heavy atom. The van der Waals surface area contributed by atoms with Crippen LogP contribution in [-0.4, -0.2) is 68.3 Å². The smallest absolute Gasteiger partial charge is 0.542 e. The van der Waals surface area contributed by atoms with Crippen molar-refractivity contribution in [3.05, 3.63) is 0 Å². The van der Waals surface area contributed by atoms with Crippen molar-refractivity contribution in [1.29, 1.82) is 0 Å². The molecule has 3 atom stereocenters. The Hall–Kier alpha value is -1.79. The van der Waals surface area contributed by atoms with Gasteiger partial charge in [0.1, 0.15) is 0 Å². The molecule has 0 saturated carbocycles. The first-order valence-electron chi connectivity index (χ1n) is 11.3. The van der Waals surface area contributed by atoms with Crippen LogP contribution in [0.25, 0.3) is 0 Å². The van der Waals surface area contributed by atoms with E-state index < -0.39 is 0 Å². The first kappa shape index (κ1) is 34.4. The van der Waals surface area contributed by atoms with Gasteiger partial charge in [-0.1, -0.05) is 13.8 Å². The van der Waals surface area contributed by atoms with Crippen molar-refractivity contribution in [2.45, 2.75) is 76.9 Å². The number of rotatable bonds is 18. The van der Waals surface area contributed by atoms with Crippen LogP contribution in [-0.2, 0) is 47.1 Å². The van der Waals surface area contributed by atoms with Crippen LogP contribution in [0.4, 0.5) is 0 Å². The number of amides is 2. The van der Waals surface area contributed by atoms with Gasteiger partial charge in [-0.15, -0.1) is 6.42 Å². The van der Waals surface area contributed by atoms with Gasteiger partial charge in [-0.25, -0.2) is 0 Å². The van der Waals surface area contributed by atoms with E-state index in [4.69, 9.17) is 22.9 Å². The molecule has 0 aromatic heterocycles. The van der Waals surface area contributed by atoms with Crippen molar-refractivity contribution in [3.63, 3.8) is 0 Å². The molecule has 0 aliphatic heterocycles. The van der Waals surface area contributed by atoms with E-state index in [2.05, 4.69) is 25.9 Å². The fourth-order valence-electron chi connectivity index (χ4n) is 3.31. The van der Waals surface area contributed by atoms with Crippen molar-refractivity contribution in [1.82, 2.24) is 16.0 Å². The number of nitrogens with two attached hydrogens (primary N) is 4. The molecular weight excluding hydrogens is 515 g/mol. The van der Waals surface area contributed by atoms with E-state index in [-0.39, 0.29) is 93.3 Å². The molecule has 2 amide bonds. The number of nitrogens with one attached hydrogen (secondary N) is 3. The minimum atomic E-state index is -0.390. The molecule has 11 N–H and O–H groups in total. The van der Waals surface area contributed by atoms with Gasteiger partial charge in [-0.05, 0) is 38.6 Å². The fraction of sp³-hybridized carbons (Fsp3) is 0.762. The molecule has 34 heavy (non-hydrogen) atoms. The van der Waals surface area contributed by atoms with Crippen LogP contribution >= 0.6 is 0 Å². The Morgan fingerprint density at radius 3 is 1.76 bits per heavy atom. The standard InChI is InChI=1S/C21H42N9O3.Y/c1-14(2)17(26-3)13-19(33)30-16(7-5-10-28-21(24)25)12-18(32)29-15(8-11-31)6-4-9-27-20(22)23;/h14-17,26H,4-10,12-13H2,1-3H3,(H,29,32)(H,30,33)(H4,22,23,27)(H4,24,25,28);/q-1;+3. The zero-order chi connectivity index (χ0) is 25.2. The van der Waals surface area contributed by atoms with Crippen LogP contribution in [0.3, 0.4) is 0 Å². The molecule has 3 unspecified atom stereocenters. The van der Waals surface area contributed by atoms with Gasteiger partial charge in [-0.3, -0.25) is 25.9 Å². The van der Waals surface area contributed by atoms with E-state index in [1.54, 1.807) is 0 Å². The van der Waals surface area contributed by atoms with Gasteiger partial charge in [0.05, 0.1) is 0 Å². The van der Waals surface area contributed by atoms with Crippen molar-refractivity contribution >= 4 is 30.0 Å². The number of carbonyl (C=O) groups is 2. The minimum absolute atomic E-state index is 0. The summed E-state index contributed by atoms with van der Waals surface area (Å²) in [6.45, 7) is 4.87. The molecule has 0 bridgehead atoms. The van der Waals surface area contributed by atoms with Crippen LogP contribution in [0, 0.1) is 5.92 Å². The molecule has 0 spiro atoms. The summed E-state index contributed by atoms with van der Waals surface area (Å²) in [6, 6.07) is -0.741. The summed E-state index contributed by atoms with van der Waals surface area (Å²) in [5, 5.41) is 8.93. The van der Waals surface area contributed by atoms with Gasteiger partial charge >= 0.3 is 32.7 Å². The topological polar surface area (TPSA) is 216 Å². The third-order valence-electron chi connectivity index (χ3n) is 5.08. The van der Waals surface area contributed by atoms with Crippen molar-refractivity contribution in [2.24, 2.45) is 38.8 Å². The summed E-state index contributed by atoms with van der Waals surface area (Å²) in [5.74, 6) is -0.134. The van der Waals surface area contributed by atoms with Crippen LogP contribution < -0.4 is 38.9 Å². The predicted octanol–water partition coefficient (Wildman–Crippen LogP) is -1.42.